The van der Waals surface area contributed by atoms with Crippen molar-refractivity contribution in [2.45, 2.75) is 37.5 Å². The zero-order valence-corrected chi connectivity index (χ0v) is 13.0. The summed E-state index contributed by atoms with van der Waals surface area (Å²) >= 11 is 0. The van der Waals surface area contributed by atoms with Crippen LogP contribution >= 0.6 is 0 Å². The molecule has 3 aromatic rings. The molecule has 2 heterocycles. The average Bonchev–Trinajstić information content (AvgIpc) is 3.21. The highest BCUT2D eigenvalue weighted by Gasteiger charge is 2.44. The number of hydrogen-bond donors (Lipinski definition) is 0. The second kappa shape index (κ2) is 4.28. The Labute approximate surface area is 132 Å². The topological polar surface area (TPSA) is 65.1 Å². The van der Waals surface area contributed by atoms with Crippen molar-refractivity contribution >= 4 is 5.78 Å². The van der Waals surface area contributed by atoms with Crippen LogP contribution in [0, 0.1) is 0 Å². The first-order valence-corrected chi connectivity index (χ1v) is 8.11. The Morgan fingerprint density at radius 3 is 2.78 bits per heavy atom. The smallest absolute Gasteiger partial charge is 0.259 e. The first-order valence-electron chi connectivity index (χ1n) is 8.11. The van der Waals surface area contributed by atoms with Gasteiger partial charge < -0.3 is 0 Å². The molecule has 116 valence electrons. The molecule has 2 aliphatic rings. The largest absolute Gasteiger partial charge is 0.278 e. The summed E-state index contributed by atoms with van der Waals surface area (Å²) in [6.07, 6.45) is 5.43. The van der Waals surface area contributed by atoms with Gasteiger partial charge in [-0.3, -0.25) is 9.36 Å². The molecular weight excluding hydrogens is 290 g/mol. The van der Waals surface area contributed by atoms with Crippen molar-refractivity contribution in [2.75, 3.05) is 0 Å². The first-order chi connectivity index (χ1) is 11.2. The second-order valence-corrected chi connectivity index (χ2v) is 6.80. The molecule has 1 spiro atoms. The van der Waals surface area contributed by atoms with Crippen LogP contribution in [0.5, 0.6) is 0 Å². The summed E-state index contributed by atoms with van der Waals surface area (Å²) in [5.41, 5.74) is 4.20. The van der Waals surface area contributed by atoms with Gasteiger partial charge in [-0.1, -0.05) is 42.2 Å². The van der Waals surface area contributed by atoms with Gasteiger partial charge in [0.2, 0.25) is 0 Å². The number of fused-ring (bicyclic) bond motifs is 6. The van der Waals surface area contributed by atoms with Gasteiger partial charge in [0.05, 0.1) is 11.3 Å². The Morgan fingerprint density at radius 2 is 1.96 bits per heavy atom. The van der Waals surface area contributed by atoms with Gasteiger partial charge in [0, 0.05) is 18.0 Å². The minimum Gasteiger partial charge on any atom is -0.278 e. The van der Waals surface area contributed by atoms with Crippen molar-refractivity contribution in [3.05, 3.63) is 45.7 Å². The minimum absolute atomic E-state index is 0.0544. The van der Waals surface area contributed by atoms with Gasteiger partial charge in [0.15, 0.2) is 0 Å². The molecule has 6 nitrogen and oxygen atoms in total. The maximum atomic E-state index is 13.2. The van der Waals surface area contributed by atoms with Crippen molar-refractivity contribution in [3.63, 3.8) is 0 Å². The van der Waals surface area contributed by atoms with E-state index >= 15 is 0 Å². The van der Waals surface area contributed by atoms with Crippen LogP contribution in [0.1, 0.15) is 36.8 Å². The van der Waals surface area contributed by atoms with E-state index in [1.54, 1.807) is 16.1 Å². The summed E-state index contributed by atoms with van der Waals surface area (Å²) < 4.78 is 3.33. The lowest BCUT2D eigenvalue weighted by Gasteiger charge is -2.36. The van der Waals surface area contributed by atoms with Crippen LogP contribution in [0.2, 0.25) is 0 Å². The maximum absolute atomic E-state index is 13.2. The van der Waals surface area contributed by atoms with Crippen LogP contribution in [-0.2, 0) is 18.9 Å². The van der Waals surface area contributed by atoms with E-state index in [2.05, 4.69) is 33.7 Å². The maximum Gasteiger partial charge on any atom is 0.259 e. The number of rotatable bonds is 0. The van der Waals surface area contributed by atoms with E-state index in [9.17, 15) is 4.79 Å². The molecule has 0 bridgehead atoms. The van der Waals surface area contributed by atoms with Crippen LogP contribution in [-0.4, -0.2) is 24.6 Å². The first kappa shape index (κ1) is 13.0. The number of hydrogen-bond acceptors (Lipinski definition) is 4. The van der Waals surface area contributed by atoms with E-state index in [0.717, 1.165) is 36.1 Å². The van der Waals surface area contributed by atoms with Crippen LogP contribution < -0.4 is 5.56 Å². The lowest BCUT2D eigenvalue weighted by atomic mass is 9.68. The van der Waals surface area contributed by atoms with Crippen LogP contribution in [0.25, 0.3) is 17.0 Å². The fourth-order valence-electron chi connectivity index (χ4n) is 4.57. The van der Waals surface area contributed by atoms with Crippen molar-refractivity contribution in [3.8, 4) is 11.3 Å². The normalized spacial score (nSPS) is 18.3. The van der Waals surface area contributed by atoms with Crippen molar-refractivity contribution in [2.24, 2.45) is 7.05 Å². The zero-order chi connectivity index (χ0) is 15.6. The zero-order valence-electron chi connectivity index (χ0n) is 13.0. The molecule has 2 aromatic heterocycles. The number of nitrogens with zero attached hydrogens (tertiary/aromatic N) is 5. The molecule has 0 unspecified atom stereocenters. The summed E-state index contributed by atoms with van der Waals surface area (Å²) in [5, 5.41) is 12.0. The molecule has 0 radical (unpaired) electrons. The average molecular weight is 307 g/mol. The molecule has 0 aliphatic heterocycles. The lowest BCUT2D eigenvalue weighted by molar-refractivity contribution is 0.422. The third-order valence-corrected chi connectivity index (χ3v) is 5.61. The Bertz CT molecular complexity index is 994. The van der Waals surface area contributed by atoms with E-state index in [1.165, 1.54) is 18.4 Å². The number of tetrazole rings is 1. The van der Waals surface area contributed by atoms with E-state index < -0.39 is 0 Å². The molecular formula is C17H17N5O. The molecule has 0 amide bonds. The van der Waals surface area contributed by atoms with Gasteiger partial charge >= 0.3 is 0 Å². The minimum atomic E-state index is -0.0569. The van der Waals surface area contributed by atoms with Crippen molar-refractivity contribution in [1.82, 2.24) is 24.6 Å². The van der Waals surface area contributed by atoms with E-state index in [1.807, 2.05) is 6.07 Å². The predicted molar refractivity (Wildman–Crippen MR) is 85.3 cm³/mol. The Balaban J connectivity index is 2.01. The summed E-state index contributed by atoms with van der Waals surface area (Å²) in [4.78, 5) is 13.2. The van der Waals surface area contributed by atoms with E-state index in [0.29, 0.717) is 5.78 Å². The highest BCUT2D eigenvalue weighted by Crippen LogP contribution is 2.49. The van der Waals surface area contributed by atoms with Crippen molar-refractivity contribution < 1.29 is 0 Å². The monoisotopic (exact) mass is 307 g/mol. The van der Waals surface area contributed by atoms with Crippen LogP contribution in [0.4, 0.5) is 0 Å². The van der Waals surface area contributed by atoms with Gasteiger partial charge in [-0.05, 0) is 35.3 Å². The Hall–Kier alpha value is -2.50. The molecule has 6 heteroatoms. The molecule has 0 N–H and O–H groups in total. The quantitative estimate of drug-likeness (QED) is 0.636. The number of benzene rings is 1. The fourth-order valence-corrected chi connectivity index (χ4v) is 4.57. The second-order valence-electron chi connectivity index (χ2n) is 6.80. The van der Waals surface area contributed by atoms with Gasteiger partial charge in [0.1, 0.15) is 0 Å². The van der Waals surface area contributed by atoms with Gasteiger partial charge in [-0.2, -0.15) is 4.52 Å². The molecule has 1 fully saturated rings. The van der Waals surface area contributed by atoms with Gasteiger partial charge in [0.25, 0.3) is 11.3 Å². The predicted octanol–water partition coefficient (Wildman–Crippen LogP) is 1.86. The Kier molecular flexibility index (Phi) is 2.42. The van der Waals surface area contributed by atoms with Crippen LogP contribution in [0.15, 0.2) is 29.1 Å². The fraction of sp³-hybridized carbons (Fsp3) is 0.412. The summed E-state index contributed by atoms with van der Waals surface area (Å²) in [5.74, 6) is 0.499. The van der Waals surface area contributed by atoms with E-state index in [-0.39, 0.29) is 11.0 Å². The van der Waals surface area contributed by atoms with E-state index in [4.69, 9.17) is 0 Å². The molecule has 0 saturated heterocycles. The highest BCUT2D eigenvalue weighted by molar-refractivity contribution is 5.73. The number of aryl methyl sites for hydroxylation is 1. The summed E-state index contributed by atoms with van der Waals surface area (Å²) in [7, 11) is 1.76. The molecule has 5 rings (SSSR count). The summed E-state index contributed by atoms with van der Waals surface area (Å²) in [6.45, 7) is 0. The third-order valence-electron chi connectivity index (χ3n) is 5.61. The molecule has 1 saturated carbocycles. The SMILES string of the molecule is Cn1c(=O)c2c(n3nnnc13)-c1ccccc1CC21CCCC1. The van der Waals surface area contributed by atoms with Gasteiger partial charge in [-0.25, -0.2) is 0 Å². The highest BCUT2D eigenvalue weighted by atomic mass is 16.1. The lowest BCUT2D eigenvalue weighted by Crippen LogP contribution is -2.40. The van der Waals surface area contributed by atoms with Gasteiger partial charge in [-0.15, -0.1) is 0 Å². The standard InChI is InChI=1S/C17H17N5O/c1-21-15(23)13-14(22-16(21)18-19-20-22)12-7-3-2-6-11(12)10-17(13)8-4-5-9-17/h2-3,6-7H,4-5,8-10H2,1H3. The number of aromatic nitrogens is 5. The van der Waals surface area contributed by atoms with Crippen LogP contribution in [0.3, 0.4) is 0 Å². The molecule has 1 aromatic carbocycles. The summed E-state index contributed by atoms with van der Waals surface area (Å²) in [6, 6.07) is 8.34. The third kappa shape index (κ3) is 1.53. The molecule has 0 atom stereocenters. The molecule has 23 heavy (non-hydrogen) atoms. The van der Waals surface area contributed by atoms with Crippen molar-refractivity contribution in [1.29, 1.82) is 0 Å². The Morgan fingerprint density at radius 1 is 1.17 bits per heavy atom. The molecule has 2 aliphatic carbocycles.